The zero-order chi connectivity index (χ0) is 15.7. The van der Waals surface area contributed by atoms with Crippen LogP contribution < -0.4 is 10.6 Å². The zero-order valence-electron chi connectivity index (χ0n) is 13.3. The SMILES string of the molecule is C=c1onc(C)/c1=C(/N=C\C)N1CCc2ncc(C)cc2C1. The van der Waals surface area contributed by atoms with Crippen molar-refractivity contribution in [2.45, 2.75) is 33.7 Å². The first-order valence-electron chi connectivity index (χ1n) is 7.43. The van der Waals surface area contributed by atoms with Gasteiger partial charge in [0.1, 0.15) is 5.82 Å². The van der Waals surface area contributed by atoms with Crippen LogP contribution in [0.4, 0.5) is 0 Å². The van der Waals surface area contributed by atoms with Gasteiger partial charge in [-0.1, -0.05) is 17.8 Å². The Morgan fingerprint density at radius 3 is 2.95 bits per heavy atom. The van der Waals surface area contributed by atoms with E-state index in [4.69, 9.17) is 4.52 Å². The van der Waals surface area contributed by atoms with Crippen LogP contribution in [-0.2, 0) is 13.0 Å². The molecule has 3 rings (SSSR count). The van der Waals surface area contributed by atoms with Crippen LogP contribution in [0, 0.1) is 13.8 Å². The molecule has 0 spiro atoms. The van der Waals surface area contributed by atoms with Crippen molar-refractivity contribution < 1.29 is 4.52 Å². The molecule has 1 aliphatic heterocycles. The minimum atomic E-state index is 0.561. The van der Waals surface area contributed by atoms with E-state index < -0.39 is 0 Å². The number of aryl methyl sites for hydroxylation is 2. The molecule has 3 heterocycles. The molecule has 0 atom stereocenters. The molecular formula is C17H20N4O. The van der Waals surface area contributed by atoms with E-state index in [1.165, 1.54) is 16.8 Å². The highest BCUT2D eigenvalue weighted by Gasteiger charge is 2.20. The summed E-state index contributed by atoms with van der Waals surface area (Å²) in [4.78, 5) is 11.4. The largest absolute Gasteiger partial charge is 0.357 e. The Balaban J connectivity index is 2.10. The average molecular weight is 296 g/mol. The summed E-state index contributed by atoms with van der Waals surface area (Å²) in [6, 6.07) is 2.20. The Morgan fingerprint density at radius 1 is 1.45 bits per heavy atom. The van der Waals surface area contributed by atoms with E-state index in [2.05, 4.69) is 39.6 Å². The molecular weight excluding hydrogens is 276 g/mol. The van der Waals surface area contributed by atoms with Crippen molar-refractivity contribution in [2.24, 2.45) is 4.99 Å². The summed E-state index contributed by atoms with van der Waals surface area (Å²) >= 11 is 0. The van der Waals surface area contributed by atoms with Crippen LogP contribution in [0.5, 0.6) is 0 Å². The number of aliphatic imine (C=N–C) groups is 1. The Labute approximate surface area is 129 Å². The van der Waals surface area contributed by atoms with E-state index in [0.717, 1.165) is 36.2 Å². The van der Waals surface area contributed by atoms with Gasteiger partial charge in [-0.25, -0.2) is 4.99 Å². The molecule has 2 aromatic heterocycles. The van der Waals surface area contributed by atoms with Gasteiger partial charge in [-0.2, -0.15) is 0 Å². The number of fused-ring (bicyclic) bond motifs is 1. The molecule has 0 amide bonds. The van der Waals surface area contributed by atoms with Crippen LogP contribution in [-0.4, -0.2) is 27.8 Å². The highest BCUT2D eigenvalue weighted by molar-refractivity contribution is 5.62. The molecule has 114 valence electrons. The molecule has 0 bridgehead atoms. The maximum Gasteiger partial charge on any atom is 0.163 e. The molecule has 0 aliphatic carbocycles. The maximum atomic E-state index is 5.21. The molecule has 22 heavy (non-hydrogen) atoms. The predicted octanol–water partition coefficient (Wildman–Crippen LogP) is 1.31. The van der Waals surface area contributed by atoms with E-state index >= 15 is 0 Å². The van der Waals surface area contributed by atoms with Crippen LogP contribution >= 0.6 is 0 Å². The molecule has 0 saturated heterocycles. The maximum absolute atomic E-state index is 5.21. The van der Waals surface area contributed by atoms with Crippen LogP contribution in [0.1, 0.15) is 29.4 Å². The lowest BCUT2D eigenvalue weighted by Crippen LogP contribution is -2.36. The van der Waals surface area contributed by atoms with E-state index in [-0.39, 0.29) is 0 Å². The third-order valence-corrected chi connectivity index (χ3v) is 3.88. The van der Waals surface area contributed by atoms with Gasteiger partial charge in [0, 0.05) is 37.6 Å². The van der Waals surface area contributed by atoms with Crippen molar-refractivity contribution in [2.75, 3.05) is 6.54 Å². The normalized spacial score (nSPS) is 16.0. The zero-order valence-corrected chi connectivity index (χ0v) is 13.3. The molecule has 0 N–H and O–H groups in total. The lowest BCUT2D eigenvalue weighted by molar-refractivity contribution is 0.359. The molecule has 0 aromatic carbocycles. The molecule has 0 fully saturated rings. The minimum absolute atomic E-state index is 0.561. The Hall–Kier alpha value is -2.43. The molecule has 1 aliphatic rings. The number of rotatable bonds is 2. The third kappa shape index (κ3) is 2.54. The summed E-state index contributed by atoms with van der Waals surface area (Å²) in [6.07, 6.45) is 4.64. The fourth-order valence-electron chi connectivity index (χ4n) is 2.86. The number of pyridine rings is 1. The van der Waals surface area contributed by atoms with Crippen LogP contribution in [0.3, 0.4) is 0 Å². The summed E-state index contributed by atoms with van der Waals surface area (Å²) < 4.78 is 5.21. The summed E-state index contributed by atoms with van der Waals surface area (Å²) in [5, 5.41) is 4.89. The summed E-state index contributed by atoms with van der Waals surface area (Å²) in [5.74, 6) is 0.874. The third-order valence-electron chi connectivity index (χ3n) is 3.88. The summed E-state index contributed by atoms with van der Waals surface area (Å²) in [5.41, 5.74) is 5.00. The Kier molecular flexibility index (Phi) is 3.79. The first-order chi connectivity index (χ1) is 10.6. The van der Waals surface area contributed by atoms with Crippen molar-refractivity contribution in [3.63, 3.8) is 0 Å². The van der Waals surface area contributed by atoms with Crippen molar-refractivity contribution in [3.05, 3.63) is 45.4 Å². The second kappa shape index (κ2) is 5.75. The van der Waals surface area contributed by atoms with Crippen molar-refractivity contribution >= 4 is 18.6 Å². The topological polar surface area (TPSA) is 54.5 Å². The second-order valence-electron chi connectivity index (χ2n) is 5.57. The fraction of sp³-hybridized carbons (Fsp3) is 0.353. The number of nitrogens with zero attached hydrogens (tertiary/aromatic N) is 4. The van der Waals surface area contributed by atoms with Gasteiger partial charge < -0.3 is 9.42 Å². The number of hydrogen-bond acceptors (Lipinski definition) is 5. The smallest absolute Gasteiger partial charge is 0.163 e. The van der Waals surface area contributed by atoms with Gasteiger partial charge in [-0.05, 0) is 31.9 Å². The molecule has 5 nitrogen and oxygen atoms in total. The molecule has 2 aromatic rings. The predicted molar refractivity (Wildman–Crippen MR) is 86.7 cm³/mol. The van der Waals surface area contributed by atoms with Crippen LogP contribution in [0.2, 0.25) is 0 Å². The van der Waals surface area contributed by atoms with Gasteiger partial charge in [0.15, 0.2) is 5.42 Å². The van der Waals surface area contributed by atoms with Gasteiger partial charge in [0.05, 0.1) is 10.9 Å². The highest BCUT2D eigenvalue weighted by atomic mass is 16.5. The van der Waals surface area contributed by atoms with E-state index in [9.17, 15) is 0 Å². The lowest BCUT2D eigenvalue weighted by atomic mass is 10.0. The lowest BCUT2D eigenvalue weighted by Gasteiger charge is -2.30. The van der Waals surface area contributed by atoms with E-state index in [1.54, 1.807) is 6.21 Å². The first kappa shape index (κ1) is 14.5. The van der Waals surface area contributed by atoms with Crippen LogP contribution in [0.15, 0.2) is 21.8 Å². The van der Waals surface area contributed by atoms with Crippen molar-refractivity contribution in [1.82, 2.24) is 15.0 Å². The van der Waals surface area contributed by atoms with Gasteiger partial charge >= 0.3 is 0 Å². The van der Waals surface area contributed by atoms with Crippen molar-refractivity contribution in [3.8, 4) is 0 Å². The standard InChI is InChI=1S/C17H20N4O/c1-5-18-17(16-12(3)20-22-13(16)4)21-7-6-15-14(10-21)8-11(2)9-19-15/h5,8-9H,4,6-7,10H2,1-3H3/b17-16+,18-5-. The Bertz CT molecular complexity index is 835. The van der Waals surface area contributed by atoms with Gasteiger partial charge in [-0.3, -0.25) is 4.98 Å². The van der Waals surface area contributed by atoms with Crippen molar-refractivity contribution in [1.29, 1.82) is 0 Å². The molecule has 0 unspecified atom stereocenters. The molecule has 5 heteroatoms. The van der Waals surface area contributed by atoms with E-state index in [0.29, 0.717) is 5.42 Å². The summed E-state index contributed by atoms with van der Waals surface area (Å²) in [7, 11) is 0. The van der Waals surface area contributed by atoms with Gasteiger partial charge in [0.25, 0.3) is 0 Å². The van der Waals surface area contributed by atoms with Gasteiger partial charge in [0.2, 0.25) is 0 Å². The Morgan fingerprint density at radius 2 is 2.27 bits per heavy atom. The van der Waals surface area contributed by atoms with Crippen LogP contribution in [0.25, 0.3) is 12.4 Å². The van der Waals surface area contributed by atoms with E-state index in [1.807, 2.05) is 20.0 Å². The second-order valence-corrected chi connectivity index (χ2v) is 5.57. The van der Waals surface area contributed by atoms with Gasteiger partial charge in [-0.15, -0.1) is 0 Å². The first-order valence-corrected chi connectivity index (χ1v) is 7.43. The number of hydrogen-bond donors (Lipinski definition) is 0. The number of aromatic nitrogens is 2. The fourth-order valence-corrected chi connectivity index (χ4v) is 2.86. The minimum Gasteiger partial charge on any atom is -0.357 e. The average Bonchev–Trinajstić information content (AvgIpc) is 2.83. The monoisotopic (exact) mass is 296 g/mol. The molecule has 0 saturated carbocycles. The quantitative estimate of drug-likeness (QED) is 0.784. The summed E-state index contributed by atoms with van der Waals surface area (Å²) in [6.45, 7) is 11.5. The highest BCUT2D eigenvalue weighted by Crippen LogP contribution is 2.21. The molecule has 0 radical (unpaired) electrons.